The lowest BCUT2D eigenvalue weighted by Gasteiger charge is -2.13. The van der Waals surface area contributed by atoms with E-state index in [0.29, 0.717) is 16.7 Å². The van der Waals surface area contributed by atoms with Gasteiger partial charge in [-0.25, -0.2) is 4.79 Å². The van der Waals surface area contributed by atoms with Crippen LogP contribution in [0.15, 0.2) is 51.9 Å². The highest BCUT2D eigenvalue weighted by atomic mass is 35.7. The molecule has 0 aliphatic rings. The molecule has 2 N–H and O–H groups in total. The number of aliphatic carboxylic acids is 1. The lowest BCUT2D eigenvalue weighted by molar-refractivity contribution is -1.92. The van der Waals surface area contributed by atoms with E-state index in [1.54, 1.807) is 7.11 Å². The van der Waals surface area contributed by atoms with Crippen molar-refractivity contribution in [3.63, 3.8) is 0 Å². The molecule has 0 saturated carbocycles. The molecule has 0 aliphatic heterocycles. The number of fused-ring (bicyclic) bond motifs is 1. The number of hydrogen-bond donors (Lipinski definition) is 2. The molecule has 0 saturated heterocycles. The van der Waals surface area contributed by atoms with Crippen molar-refractivity contribution >= 4 is 16.9 Å². The number of carbonyl (C=O) groups is 1. The summed E-state index contributed by atoms with van der Waals surface area (Å²) in [4.78, 5) is 16.3. The number of nitrogens with zero attached hydrogens (tertiary/aromatic N) is 1. The molecule has 1 aromatic heterocycles. The second kappa shape index (κ2) is 10.8. The summed E-state index contributed by atoms with van der Waals surface area (Å²) >= 11 is 0. The SMILES string of the molecule is COc1ccc(-c2cc(=NC(C(=O)O)C(C)C)c3cc(C)cc(C)c3o2)cc1.[O-][Cl+3]([O-])([O-])O. The molecule has 2 aromatic carbocycles. The Bertz CT molecular complexity index is 1170. The first-order chi connectivity index (χ1) is 15.3. The van der Waals surface area contributed by atoms with Crippen LogP contribution in [0.1, 0.15) is 25.0 Å². The van der Waals surface area contributed by atoms with Crippen molar-refractivity contribution in [1.29, 1.82) is 0 Å². The third kappa shape index (κ3) is 7.55. The van der Waals surface area contributed by atoms with Gasteiger partial charge >= 0.3 is 5.97 Å². The Hall–Kier alpha value is -2.95. The molecule has 178 valence electrons. The summed E-state index contributed by atoms with van der Waals surface area (Å²) < 4.78 is 44.1. The largest absolute Gasteiger partial charge is 0.497 e. The average Bonchev–Trinajstić information content (AvgIpc) is 2.70. The van der Waals surface area contributed by atoms with Gasteiger partial charge in [-0.15, -0.1) is 0 Å². The van der Waals surface area contributed by atoms with E-state index in [4.69, 9.17) is 27.8 Å². The first-order valence-corrected chi connectivity index (χ1v) is 11.2. The minimum absolute atomic E-state index is 0.125. The van der Waals surface area contributed by atoms with Crippen molar-refractivity contribution in [1.82, 2.24) is 0 Å². The van der Waals surface area contributed by atoms with Crippen LogP contribution in [0.25, 0.3) is 22.3 Å². The summed E-state index contributed by atoms with van der Waals surface area (Å²) in [6, 6.07) is 12.6. The summed E-state index contributed by atoms with van der Waals surface area (Å²) in [5, 5.41) is 11.0. The predicted molar refractivity (Wildman–Crippen MR) is 112 cm³/mol. The van der Waals surface area contributed by atoms with E-state index in [-0.39, 0.29) is 5.92 Å². The van der Waals surface area contributed by atoms with E-state index in [9.17, 15) is 9.90 Å². The van der Waals surface area contributed by atoms with E-state index in [2.05, 4.69) is 4.99 Å². The molecule has 0 fully saturated rings. The fourth-order valence-corrected chi connectivity index (χ4v) is 3.27. The number of benzene rings is 2. The van der Waals surface area contributed by atoms with Gasteiger partial charge in [-0.3, -0.25) is 4.99 Å². The number of halogens is 1. The van der Waals surface area contributed by atoms with Gasteiger partial charge in [0.25, 0.3) is 0 Å². The minimum atomic E-state index is -4.69. The Labute approximate surface area is 193 Å². The van der Waals surface area contributed by atoms with E-state index in [0.717, 1.165) is 27.8 Å². The standard InChI is InChI=1S/C23H25NO4.ClHO4/c1-13(2)21(23(25)26)24-19-12-20(16-6-8-17(27-5)9-7-16)28-22-15(4)10-14(3)11-18(19)22;2-1(3,4)5/h6-13,21H,1-5H3,(H,25,26);(H,2,3,4,5). The zero-order chi connectivity index (χ0) is 24.9. The highest BCUT2D eigenvalue weighted by Gasteiger charge is 2.20. The summed E-state index contributed by atoms with van der Waals surface area (Å²) in [5.41, 5.74) is 3.64. The van der Waals surface area contributed by atoms with Crippen LogP contribution in [0.3, 0.4) is 0 Å². The van der Waals surface area contributed by atoms with Gasteiger partial charge in [0, 0.05) is 17.0 Å². The molecular formula is C23H26ClNO8. The van der Waals surface area contributed by atoms with Gasteiger partial charge in [0.15, 0.2) is 0 Å². The monoisotopic (exact) mass is 479 g/mol. The zero-order valence-corrected chi connectivity index (χ0v) is 19.6. The van der Waals surface area contributed by atoms with Gasteiger partial charge in [-0.1, -0.05) is 19.9 Å². The summed E-state index contributed by atoms with van der Waals surface area (Å²) in [6.45, 7) is 7.71. The highest BCUT2D eigenvalue weighted by Crippen LogP contribution is 2.27. The number of methoxy groups -OCH3 is 1. The van der Waals surface area contributed by atoms with Crippen LogP contribution in [0, 0.1) is 30.0 Å². The number of rotatable bonds is 5. The van der Waals surface area contributed by atoms with Gasteiger partial charge in [-0.05, 0) is 61.2 Å². The molecule has 0 spiro atoms. The lowest BCUT2D eigenvalue weighted by atomic mass is 10.0. The van der Waals surface area contributed by atoms with Gasteiger partial charge in [-0.2, -0.15) is 14.0 Å². The van der Waals surface area contributed by atoms with E-state index >= 15 is 0 Å². The van der Waals surface area contributed by atoms with Crippen molar-refractivity contribution in [3.8, 4) is 17.1 Å². The van der Waals surface area contributed by atoms with E-state index in [1.165, 1.54) is 0 Å². The first kappa shape index (κ1) is 26.3. The Balaban J connectivity index is 0.000000696. The molecule has 10 heteroatoms. The average molecular weight is 480 g/mol. The summed E-state index contributed by atoms with van der Waals surface area (Å²) in [6.07, 6.45) is 0. The topological polar surface area (TPSA) is 161 Å². The van der Waals surface area contributed by atoms with Crippen molar-refractivity contribution in [2.75, 3.05) is 7.11 Å². The Kier molecular flexibility index (Phi) is 8.59. The van der Waals surface area contributed by atoms with Gasteiger partial charge in [0.05, 0.1) is 27.4 Å². The fraction of sp³-hybridized carbons (Fsp3) is 0.304. The molecule has 0 radical (unpaired) electrons. The lowest BCUT2D eigenvalue weighted by Crippen LogP contribution is -2.58. The molecule has 0 amide bonds. The predicted octanol–water partition coefficient (Wildman–Crippen LogP) is 0.611. The van der Waals surface area contributed by atoms with Crippen molar-refractivity contribution in [2.45, 2.75) is 33.7 Å². The fourth-order valence-electron chi connectivity index (χ4n) is 3.27. The van der Waals surface area contributed by atoms with Crippen LogP contribution in [-0.4, -0.2) is 28.9 Å². The van der Waals surface area contributed by atoms with Crippen LogP contribution in [0.4, 0.5) is 0 Å². The quantitative estimate of drug-likeness (QED) is 0.537. The summed E-state index contributed by atoms with van der Waals surface area (Å²) in [5.74, 6) is 0.333. The van der Waals surface area contributed by atoms with Gasteiger partial charge in [0.1, 0.15) is 23.1 Å². The molecule has 3 aromatic rings. The third-order valence-corrected chi connectivity index (χ3v) is 4.71. The maximum atomic E-state index is 11.7. The molecule has 9 nitrogen and oxygen atoms in total. The van der Waals surface area contributed by atoms with Gasteiger partial charge in [0.2, 0.25) is 0 Å². The molecule has 33 heavy (non-hydrogen) atoms. The highest BCUT2D eigenvalue weighted by molar-refractivity contribution is 5.82. The molecule has 0 bridgehead atoms. The van der Waals surface area contributed by atoms with Gasteiger partial charge < -0.3 is 14.3 Å². The zero-order valence-electron chi connectivity index (χ0n) is 18.9. The second-order valence-corrected chi connectivity index (χ2v) is 8.53. The van der Waals surface area contributed by atoms with Crippen LogP contribution in [-0.2, 0) is 4.79 Å². The number of hydrogen-bond acceptors (Lipinski definition) is 8. The molecular weight excluding hydrogens is 454 g/mol. The third-order valence-electron chi connectivity index (χ3n) is 4.71. The summed E-state index contributed by atoms with van der Waals surface area (Å²) in [7, 11) is -3.07. The number of carboxylic acids is 1. The molecule has 3 rings (SSSR count). The minimum Gasteiger partial charge on any atom is -0.497 e. The Morgan fingerprint density at radius 1 is 1.09 bits per heavy atom. The number of aryl methyl sites for hydroxylation is 2. The molecule has 1 unspecified atom stereocenters. The number of ether oxygens (including phenoxy) is 1. The molecule has 1 heterocycles. The Morgan fingerprint density at radius 3 is 2.15 bits per heavy atom. The van der Waals surface area contributed by atoms with E-state index in [1.807, 2.05) is 70.2 Å². The van der Waals surface area contributed by atoms with Crippen LogP contribution in [0.5, 0.6) is 5.75 Å². The van der Waals surface area contributed by atoms with Crippen LogP contribution < -0.4 is 24.1 Å². The van der Waals surface area contributed by atoms with Crippen molar-refractivity contribution < 1.29 is 47.9 Å². The van der Waals surface area contributed by atoms with E-state index < -0.39 is 22.3 Å². The maximum absolute atomic E-state index is 11.7. The smallest absolute Gasteiger partial charge is 0.328 e. The van der Waals surface area contributed by atoms with Crippen molar-refractivity contribution in [2.24, 2.45) is 10.9 Å². The number of carboxylic acid groups (broad SMARTS) is 1. The molecule has 1 atom stereocenters. The first-order valence-electron chi connectivity index (χ1n) is 9.89. The second-order valence-electron chi connectivity index (χ2n) is 7.74. The normalized spacial score (nSPS) is 13.0. The van der Waals surface area contributed by atoms with Crippen LogP contribution in [0.2, 0.25) is 0 Å². The molecule has 0 aliphatic carbocycles. The maximum Gasteiger partial charge on any atom is 0.328 e. The Morgan fingerprint density at radius 2 is 1.67 bits per heavy atom. The van der Waals surface area contributed by atoms with Crippen LogP contribution >= 0.6 is 0 Å². The van der Waals surface area contributed by atoms with Crippen molar-refractivity contribution in [3.05, 3.63) is 58.9 Å².